The summed E-state index contributed by atoms with van der Waals surface area (Å²) in [5, 5.41) is 5.76. The minimum atomic E-state index is -0.351. The molecular weight excluding hydrogens is 232 g/mol. The summed E-state index contributed by atoms with van der Waals surface area (Å²) >= 11 is 0. The van der Waals surface area contributed by atoms with Crippen LogP contribution in [0.4, 0.5) is 5.82 Å². The molecule has 0 fully saturated rings. The van der Waals surface area contributed by atoms with Crippen LogP contribution in [0.15, 0.2) is 12.7 Å². The lowest BCUT2D eigenvalue weighted by Gasteiger charge is -2.21. The van der Waals surface area contributed by atoms with Crippen molar-refractivity contribution in [2.45, 2.75) is 19.9 Å². The Balaban J connectivity index is 2.31. The number of likely N-dealkylation sites (N-methyl/N-ethyl adjacent to an activating group) is 1. The van der Waals surface area contributed by atoms with E-state index in [0.29, 0.717) is 17.0 Å². The number of hydrogen-bond donors (Lipinski definition) is 3. The van der Waals surface area contributed by atoms with Crippen LogP contribution < -0.4 is 10.6 Å². The van der Waals surface area contributed by atoms with Gasteiger partial charge >= 0.3 is 0 Å². The van der Waals surface area contributed by atoms with Crippen LogP contribution in [0.5, 0.6) is 0 Å². The third-order valence-corrected chi connectivity index (χ3v) is 2.71. The quantitative estimate of drug-likeness (QED) is 0.733. The molecule has 0 aliphatic heterocycles. The highest BCUT2D eigenvalue weighted by Gasteiger charge is 2.22. The number of imidazole rings is 1. The van der Waals surface area contributed by atoms with E-state index in [1.54, 1.807) is 13.4 Å². The molecule has 0 aromatic carbocycles. The zero-order chi connectivity index (χ0) is 13.1. The van der Waals surface area contributed by atoms with E-state index in [0.717, 1.165) is 0 Å². The van der Waals surface area contributed by atoms with E-state index >= 15 is 0 Å². The molecule has 1 amide bonds. The van der Waals surface area contributed by atoms with Crippen LogP contribution in [0.1, 0.15) is 13.8 Å². The lowest BCUT2D eigenvalue weighted by molar-refractivity contribution is -0.122. The van der Waals surface area contributed by atoms with Gasteiger partial charge in [-0.3, -0.25) is 4.79 Å². The van der Waals surface area contributed by atoms with Gasteiger partial charge in [0.05, 0.1) is 6.33 Å². The maximum atomic E-state index is 11.8. The SMILES string of the molecule is CNC(=O)C(Nc1ncnc2nc[nH]c12)C(C)C. The van der Waals surface area contributed by atoms with Gasteiger partial charge in [-0.15, -0.1) is 0 Å². The molecule has 1 atom stereocenters. The Labute approximate surface area is 104 Å². The molecule has 0 aliphatic carbocycles. The largest absolute Gasteiger partial charge is 0.357 e. The van der Waals surface area contributed by atoms with E-state index in [-0.39, 0.29) is 17.9 Å². The predicted molar refractivity (Wildman–Crippen MR) is 68.0 cm³/mol. The molecule has 0 saturated carbocycles. The van der Waals surface area contributed by atoms with E-state index in [9.17, 15) is 4.79 Å². The molecule has 0 spiro atoms. The van der Waals surface area contributed by atoms with Gasteiger partial charge < -0.3 is 15.6 Å². The molecule has 0 radical (unpaired) electrons. The fourth-order valence-electron chi connectivity index (χ4n) is 1.71. The number of fused-ring (bicyclic) bond motifs is 1. The average molecular weight is 248 g/mol. The van der Waals surface area contributed by atoms with Gasteiger partial charge in [-0.25, -0.2) is 15.0 Å². The minimum absolute atomic E-state index is 0.0729. The number of H-pyrrole nitrogens is 1. The Bertz CT molecular complexity index is 549. The summed E-state index contributed by atoms with van der Waals surface area (Å²) in [5.74, 6) is 0.647. The first kappa shape index (κ1) is 12.3. The van der Waals surface area contributed by atoms with Crippen LogP contribution >= 0.6 is 0 Å². The van der Waals surface area contributed by atoms with Crippen LogP contribution in [0.25, 0.3) is 11.2 Å². The van der Waals surface area contributed by atoms with Gasteiger partial charge in [-0.2, -0.15) is 0 Å². The van der Waals surface area contributed by atoms with Crippen molar-refractivity contribution < 1.29 is 4.79 Å². The first-order valence-corrected chi connectivity index (χ1v) is 5.75. The number of nitrogens with zero attached hydrogens (tertiary/aromatic N) is 3. The van der Waals surface area contributed by atoms with E-state index < -0.39 is 0 Å². The molecule has 2 aromatic rings. The smallest absolute Gasteiger partial charge is 0.242 e. The number of carbonyl (C=O) groups is 1. The number of amides is 1. The van der Waals surface area contributed by atoms with Crippen LogP contribution in [-0.4, -0.2) is 38.9 Å². The lowest BCUT2D eigenvalue weighted by atomic mass is 10.0. The van der Waals surface area contributed by atoms with Crippen molar-refractivity contribution in [3.05, 3.63) is 12.7 Å². The zero-order valence-electron chi connectivity index (χ0n) is 10.6. The van der Waals surface area contributed by atoms with Crippen molar-refractivity contribution >= 4 is 22.9 Å². The normalized spacial score (nSPS) is 12.7. The molecule has 2 rings (SSSR count). The number of carbonyl (C=O) groups excluding carboxylic acids is 1. The first-order chi connectivity index (χ1) is 8.63. The van der Waals surface area contributed by atoms with Crippen molar-refractivity contribution in [2.75, 3.05) is 12.4 Å². The summed E-state index contributed by atoms with van der Waals surface area (Å²) < 4.78 is 0. The number of anilines is 1. The van der Waals surface area contributed by atoms with Gasteiger partial charge in [-0.1, -0.05) is 13.8 Å². The molecule has 0 saturated heterocycles. The van der Waals surface area contributed by atoms with Crippen molar-refractivity contribution in [1.29, 1.82) is 0 Å². The van der Waals surface area contributed by atoms with E-state index in [4.69, 9.17) is 0 Å². The second-order valence-corrected chi connectivity index (χ2v) is 4.30. The van der Waals surface area contributed by atoms with E-state index in [1.165, 1.54) is 6.33 Å². The van der Waals surface area contributed by atoms with Crippen LogP contribution in [-0.2, 0) is 4.79 Å². The van der Waals surface area contributed by atoms with Crippen LogP contribution in [0.3, 0.4) is 0 Å². The highest BCUT2D eigenvalue weighted by Crippen LogP contribution is 2.17. The van der Waals surface area contributed by atoms with Crippen molar-refractivity contribution in [2.24, 2.45) is 5.92 Å². The molecule has 2 aromatic heterocycles. The molecule has 96 valence electrons. The Morgan fingerprint density at radius 1 is 1.33 bits per heavy atom. The fraction of sp³-hybridized carbons (Fsp3) is 0.455. The third kappa shape index (κ3) is 2.24. The highest BCUT2D eigenvalue weighted by molar-refractivity contribution is 5.88. The zero-order valence-corrected chi connectivity index (χ0v) is 10.6. The van der Waals surface area contributed by atoms with Gasteiger partial charge in [0.1, 0.15) is 17.9 Å². The monoisotopic (exact) mass is 248 g/mol. The number of nitrogens with one attached hydrogen (secondary N) is 3. The lowest BCUT2D eigenvalue weighted by Crippen LogP contribution is -2.41. The summed E-state index contributed by atoms with van der Waals surface area (Å²) in [6.45, 7) is 3.94. The molecule has 3 N–H and O–H groups in total. The molecule has 1 unspecified atom stereocenters. The maximum absolute atomic E-state index is 11.8. The summed E-state index contributed by atoms with van der Waals surface area (Å²) in [7, 11) is 1.62. The topological polar surface area (TPSA) is 95.6 Å². The Kier molecular flexibility index (Phi) is 3.40. The molecule has 0 aliphatic rings. The highest BCUT2D eigenvalue weighted by atomic mass is 16.2. The average Bonchev–Trinajstić information content (AvgIpc) is 2.83. The molecule has 0 bridgehead atoms. The van der Waals surface area contributed by atoms with E-state index in [1.807, 2.05) is 13.8 Å². The standard InChI is InChI=1S/C11H16N6O/c1-6(2)7(11(18)12-3)17-10-8-9(14-4-13-8)15-5-16-10/h4-7H,1-3H3,(H,12,18)(H2,13,14,15,16,17). The third-order valence-electron chi connectivity index (χ3n) is 2.71. The van der Waals surface area contributed by atoms with Crippen LogP contribution in [0, 0.1) is 5.92 Å². The van der Waals surface area contributed by atoms with Crippen LogP contribution in [0.2, 0.25) is 0 Å². The minimum Gasteiger partial charge on any atom is -0.357 e. The van der Waals surface area contributed by atoms with Gasteiger partial charge in [0.25, 0.3) is 0 Å². The predicted octanol–water partition coefficient (Wildman–Crippen LogP) is 0.535. The first-order valence-electron chi connectivity index (χ1n) is 5.75. The molecule has 7 nitrogen and oxygen atoms in total. The Morgan fingerprint density at radius 2 is 2.11 bits per heavy atom. The summed E-state index contributed by atoms with van der Waals surface area (Å²) in [6, 6.07) is -0.351. The van der Waals surface area contributed by atoms with Gasteiger partial charge in [0.2, 0.25) is 5.91 Å². The Hall–Kier alpha value is -2.18. The van der Waals surface area contributed by atoms with E-state index in [2.05, 4.69) is 30.6 Å². The summed E-state index contributed by atoms with van der Waals surface area (Å²) in [4.78, 5) is 27.0. The molecule has 18 heavy (non-hydrogen) atoms. The second kappa shape index (κ2) is 4.99. The van der Waals surface area contributed by atoms with Crippen molar-refractivity contribution in [3.63, 3.8) is 0 Å². The van der Waals surface area contributed by atoms with Gasteiger partial charge in [0.15, 0.2) is 11.5 Å². The summed E-state index contributed by atoms with van der Waals surface area (Å²) in [5.41, 5.74) is 1.28. The second-order valence-electron chi connectivity index (χ2n) is 4.30. The number of aromatic amines is 1. The fourth-order valence-corrected chi connectivity index (χ4v) is 1.71. The Morgan fingerprint density at radius 3 is 2.78 bits per heavy atom. The molecular formula is C11H16N6O. The van der Waals surface area contributed by atoms with Gasteiger partial charge in [-0.05, 0) is 5.92 Å². The maximum Gasteiger partial charge on any atom is 0.242 e. The van der Waals surface area contributed by atoms with Gasteiger partial charge in [0, 0.05) is 7.05 Å². The molecule has 2 heterocycles. The number of aromatic nitrogens is 4. The molecule has 7 heteroatoms. The van der Waals surface area contributed by atoms with Crippen molar-refractivity contribution in [1.82, 2.24) is 25.3 Å². The number of hydrogen-bond acceptors (Lipinski definition) is 5. The van der Waals surface area contributed by atoms with Crippen molar-refractivity contribution in [3.8, 4) is 0 Å². The number of rotatable bonds is 4. The summed E-state index contributed by atoms with van der Waals surface area (Å²) in [6.07, 6.45) is 2.97.